The molecule has 0 spiro atoms. The molecule has 1 heteroatoms. The van der Waals surface area contributed by atoms with E-state index in [1.165, 1.54) is 75.3 Å². The van der Waals surface area contributed by atoms with E-state index in [1.54, 1.807) is 0 Å². The summed E-state index contributed by atoms with van der Waals surface area (Å²) in [6, 6.07) is 6.79. The van der Waals surface area contributed by atoms with Crippen molar-refractivity contribution >= 4 is 0 Å². The van der Waals surface area contributed by atoms with Gasteiger partial charge in [-0.05, 0) is 48.8 Å². The van der Waals surface area contributed by atoms with Crippen LogP contribution in [0.2, 0.25) is 0 Å². The normalized spacial score (nSPS) is 14.3. The number of aryl methyl sites for hydroxylation is 2. The Morgan fingerprint density at radius 1 is 1.04 bits per heavy atom. The zero-order valence-corrected chi connectivity index (χ0v) is 16.0. The largest absolute Gasteiger partial charge is 0.493 e. The lowest BCUT2D eigenvalue weighted by Crippen LogP contribution is -2.08. The summed E-state index contributed by atoms with van der Waals surface area (Å²) in [5.41, 5.74) is 2.83. The van der Waals surface area contributed by atoms with Gasteiger partial charge in [-0.2, -0.15) is 0 Å². The Morgan fingerprint density at radius 2 is 1.78 bits per heavy atom. The molecule has 1 aliphatic rings. The maximum Gasteiger partial charge on any atom is 0.122 e. The van der Waals surface area contributed by atoms with E-state index in [-0.39, 0.29) is 0 Å². The highest BCUT2D eigenvalue weighted by Crippen LogP contribution is 2.26. The van der Waals surface area contributed by atoms with E-state index in [1.807, 2.05) is 0 Å². The molecule has 1 unspecified atom stereocenters. The highest BCUT2D eigenvalue weighted by molar-refractivity contribution is 5.38. The van der Waals surface area contributed by atoms with Gasteiger partial charge >= 0.3 is 0 Å². The average molecular weight is 319 g/mol. The first-order valence-corrected chi connectivity index (χ1v) is 9.95. The molecule has 132 valence electrons. The Balaban J connectivity index is 0.000000379. The lowest BCUT2D eigenvalue weighted by atomic mass is 9.97. The van der Waals surface area contributed by atoms with E-state index >= 15 is 0 Å². The van der Waals surface area contributed by atoms with Gasteiger partial charge in [0.25, 0.3) is 0 Å². The molecule has 0 amide bonds. The number of unbranched alkanes of at least 4 members (excludes halogenated alkanes) is 3. The van der Waals surface area contributed by atoms with Crippen molar-refractivity contribution in [2.45, 2.75) is 91.9 Å². The van der Waals surface area contributed by atoms with Crippen LogP contribution < -0.4 is 4.74 Å². The SMILES string of the molecule is CCC(C)CCCc1ccc2c(c1)OCCC2.CCCCCC. The molecule has 1 aromatic rings. The second-order valence-corrected chi connectivity index (χ2v) is 7.01. The zero-order chi connectivity index (χ0) is 16.9. The summed E-state index contributed by atoms with van der Waals surface area (Å²) in [4.78, 5) is 0. The van der Waals surface area contributed by atoms with Gasteiger partial charge in [0, 0.05) is 0 Å². The Kier molecular flexibility index (Phi) is 10.9. The predicted molar refractivity (Wildman–Crippen MR) is 102 cm³/mol. The number of ether oxygens (including phenoxy) is 1. The summed E-state index contributed by atoms with van der Waals surface area (Å²) in [5, 5.41) is 0. The van der Waals surface area contributed by atoms with Crippen LogP contribution in [0.4, 0.5) is 0 Å². The highest BCUT2D eigenvalue weighted by atomic mass is 16.5. The topological polar surface area (TPSA) is 9.23 Å². The van der Waals surface area contributed by atoms with Crippen LogP contribution in [-0.4, -0.2) is 6.61 Å². The van der Waals surface area contributed by atoms with Gasteiger partial charge in [-0.3, -0.25) is 0 Å². The van der Waals surface area contributed by atoms with Gasteiger partial charge < -0.3 is 4.74 Å². The molecule has 23 heavy (non-hydrogen) atoms. The van der Waals surface area contributed by atoms with E-state index in [0.717, 1.165) is 18.3 Å². The molecular weight excluding hydrogens is 280 g/mol. The van der Waals surface area contributed by atoms with Crippen molar-refractivity contribution in [1.82, 2.24) is 0 Å². The van der Waals surface area contributed by atoms with Gasteiger partial charge in [0.2, 0.25) is 0 Å². The number of rotatable bonds is 8. The number of hydrogen-bond acceptors (Lipinski definition) is 1. The van der Waals surface area contributed by atoms with E-state index < -0.39 is 0 Å². The maximum absolute atomic E-state index is 5.71. The lowest BCUT2D eigenvalue weighted by molar-refractivity contribution is 0.288. The molecular formula is C22H38O. The molecule has 0 saturated heterocycles. The average Bonchev–Trinajstić information content (AvgIpc) is 2.60. The van der Waals surface area contributed by atoms with Gasteiger partial charge in [-0.1, -0.05) is 78.4 Å². The quantitative estimate of drug-likeness (QED) is 0.470. The smallest absolute Gasteiger partial charge is 0.122 e. The Labute approximate surface area is 144 Å². The van der Waals surface area contributed by atoms with Crippen LogP contribution in [-0.2, 0) is 12.8 Å². The molecule has 1 aliphatic heterocycles. The minimum atomic E-state index is 0.865. The summed E-state index contributed by atoms with van der Waals surface area (Å²) in [7, 11) is 0. The molecule has 1 heterocycles. The van der Waals surface area contributed by atoms with Gasteiger partial charge in [-0.25, -0.2) is 0 Å². The molecule has 0 aliphatic carbocycles. The first-order valence-electron chi connectivity index (χ1n) is 9.95. The van der Waals surface area contributed by atoms with Crippen LogP contribution in [0.25, 0.3) is 0 Å². The fourth-order valence-electron chi connectivity index (χ4n) is 2.90. The highest BCUT2D eigenvalue weighted by Gasteiger charge is 2.10. The second-order valence-electron chi connectivity index (χ2n) is 7.01. The van der Waals surface area contributed by atoms with E-state index in [4.69, 9.17) is 4.74 Å². The molecule has 0 N–H and O–H groups in total. The van der Waals surface area contributed by atoms with Crippen molar-refractivity contribution in [1.29, 1.82) is 0 Å². The minimum Gasteiger partial charge on any atom is -0.493 e. The summed E-state index contributed by atoms with van der Waals surface area (Å²) in [5.74, 6) is 2.00. The number of hydrogen-bond donors (Lipinski definition) is 0. The van der Waals surface area contributed by atoms with Crippen LogP contribution >= 0.6 is 0 Å². The lowest BCUT2D eigenvalue weighted by Gasteiger charge is -2.18. The van der Waals surface area contributed by atoms with E-state index in [2.05, 4.69) is 45.9 Å². The van der Waals surface area contributed by atoms with Gasteiger partial charge in [0.1, 0.15) is 5.75 Å². The van der Waals surface area contributed by atoms with Crippen LogP contribution in [0, 0.1) is 5.92 Å². The third-order valence-corrected chi connectivity index (χ3v) is 4.80. The summed E-state index contributed by atoms with van der Waals surface area (Å²) in [6.07, 6.45) is 13.0. The summed E-state index contributed by atoms with van der Waals surface area (Å²) >= 11 is 0. The predicted octanol–water partition coefficient (Wildman–Crippen LogP) is 6.97. The Morgan fingerprint density at radius 3 is 2.43 bits per heavy atom. The molecule has 0 radical (unpaired) electrons. The molecule has 1 nitrogen and oxygen atoms in total. The maximum atomic E-state index is 5.71. The fourth-order valence-corrected chi connectivity index (χ4v) is 2.90. The molecule has 1 atom stereocenters. The van der Waals surface area contributed by atoms with Gasteiger partial charge in [0.15, 0.2) is 0 Å². The van der Waals surface area contributed by atoms with Gasteiger partial charge in [-0.15, -0.1) is 0 Å². The molecule has 0 aromatic heterocycles. The molecule has 2 rings (SSSR count). The summed E-state index contributed by atoms with van der Waals surface area (Å²) < 4.78 is 5.71. The zero-order valence-electron chi connectivity index (χ0n) is 16.0. The van der Waals surface area contributed by atoms with Crippen molar-refractivity contribution in [2.24, 2.45) is 5.92 Å². The Bertz CT molecular complexity index is 406. The molecule has 0 saturated carbocycles. The van der Waals surface area contributed by atoms with Crippen molar-refractivity contribution in [3.05, 3.63) is 29.3 Å². The third-order valence-electron chi connectivity index (χ3n) is 4.80. The number of benzene rings is 1. The monoisotopic (exact) mass is 318 g/mol. The van der Waals surface area contributed by atoms with Crippen LogP contribution in [0.15, 0.2) is 18.2 Å². The molecule has 0 fully saturated rings. The third kappa shape index (κ3) is 8.44. The van der Waals surface area contributed by atoms with Crippen molar-refractivity contribution in [3.63, 3.8) is 0 Å². The van der Waals surface area contributed by atoms with Crippen molar-refractivity contribution in [2.75, 3.05) is 6.61 Å². The Hall–Kier alpha value is -0.980. The van der Waals surface area contributed by atoms with Crippen LogP contribution in [0.5, 0.6) is 5.75 Å². The molecule has 0 bridgehead atoms. The van der Waals surface area contributed by atoms with Gasteiger partial charge in [0.05, 0.1) is 6.61 Å². The first kappa shape index (κ1) is 20.1. The van der Waals surface area contributed by atoms with Crippen LogP contribution in [0.3, 0.4) is 0 Å². The minimum absolute atomic E-state index is 0.865. The van der Waals surface area contributed by atoms with Crippen LogP contribution in [0.1, 0.15) is 90.2 Å². The standard InChI is InChI=1S/C16H24O.C6H14/c1-3-13(2)6-4-7-14-9-10-15-8-5-11-17-16(15)12-14;1-3-5-6-4-2/h9-10,12-13H,3-8,11H2,1-2H3;3-6H2,1-2H3. The molecule has 1 aromatic carbocycles. The second kappa shape index (κ2) is 12.4. The summed E-state index contributed by atoms with van der Waals surface area (Å²) in [6.45, 7) is 9.97. The van der Waals surface area contributed by atoms with Crippen molar-refractivity contribution < 1.29 is 4.74 Å². The van der Waals surface area contributed by atoms with Crippen molar-refractivity contribution in [3.8, 4) is 5.75 Å². The number of fused-ring (bicyclic) bond motifs is 1. The first-order chi connectivity index (χ1) is 11.2. The fraction of sp³-hybridized carbons (Fsp3) is 0.727. The van der Waals surface area contributed by atoms with E-state index in [0.29, 0.717) is 0 Å². The van der Waals surface area contributed by atoms with E-state index in [9.17, 15) is 0 Å².